The zero-order valence-electron chi connectivity index (χ0n) is 22.2. The number of aryl methyl sites for hydroxylation is 1. The van der Waals surface area contributed by atoms with Gasteiger partial charge in [0.1, 0.15) is 11.8 Å². The quantitative estimate of drug-likeness (QED) is 0.337. The number of rotatable bonds is 8. The summed E-state index contributed by atoms with van der Waals surface area (Å²) < 4.78 is 25.6. The van der Waals surface area contributed by atoms with Crippen LogP contribution in [-0.4, -0.2) is 54.4 Å². The molecule has 1 N–H and O–H groups in total. The average Bonchev–Trinajstić information content (AvgIpc) is 3.72. The minimum absolute atomic E-state index is 0.0186. The smallest absolute Gasteiger partial charge is 0.295 e. The topological polar surface area (TPSA) is 163 Å². The van der Waals surface area contributed by atoms with E-state index in [1.54, 1.807) is 25.5 Å². The molecular formula is C27H28N8O4S. The van der Waals surface area contributed by atoms with Crippen LogP contribution in [0.4, 0.5) is 5.82 Å². The van der Waals surface area contributed by atoms with Gasteiger partial charge in [0.05, 0.1) is 52.1 Å². The molecular weight excluding hydrogens is 532 g/mol. The maximum atomic E-state index is 13.8. The van der Waals surface area contributed by atoms with E-state index < -0.39 is 21.4 Å². The van der Waals surface area contributed by atoms with Crippen LogP contribution >= 0.6 is 0 Å². The van der Waals surface area contributed by atoms with Gasteiger partial charge in [-0.1, -0.05) is 6.92 Å². The lowest BCUT2D eigenvalue weighted by atomic mass is 10.1. The molecule has 206 valence electrons. The number of nitrogens with one attached hydrogen (secondary N) is 1. The maximum Gasteiger partial charge on any atom is 0.295 e. The highest BCUT2D eigenvalue weighted by Crippen LogP contribution is 2.43. The van der Waals surface area contributed by atoms with E-state index in [1.807, 2.05) is 6.92 Å². The van der Waals surface area contributed by atoms with Crippen LogP contribution in [-0.2, 0) is 21.2 Å². The first-order valence-electron chi connectivity index (χ1n) is 13.3. The Hall–Kier alpha value is -4.13. The second-order valence-electron chi connectivity index (χ2n) is 10.1. The van der Waals surface area contributed by atoms with Gasteiger partial charge in [0.2, 0.25) is 0 Å². The fourth-order valence-corrected chi connectivity index (χ4v) is 5.89. The molecule has 0 aliphatic heterocycles. The number of sulfone groups is 1. The van der Waals surface area contributed by atoms with Crippen molar-refractivity contribution in [3.63, 3.8) is 0 Å². The second kappa shape index (κ2) is 10.1. The van der Waals surface area contributed by atoms with Crippen molar-refractivity contribution in [2.24, 2.45) is 0 Å². The van der Waals surface area contributed by atoms with Crippen LogP contribution in [0.5, 0.6) is 0 Å². The molecule has 1 atom stereocenters. The number of fused-ring (bicyclic) bond motifs is 1. The third kappa shape index (κ3) is 4.74. The number of nitrogens with zero attached hydrogens (tertiary/aromatic N) is 7. The van der Waals surface area contributed by atoms with Crippen molar-refractivity contribution in [1.29, 1.82) is 0 Å². The summed E-state index contributed by atoms with van der Waals surface area (Å²) in [5.41, 5.74) is 3.12. The van der Waals surface area contributed by atoms with Crippen LogP contribution in [0, 0.1) is 6.92 Å². The van der Waals surface area contributed by atoms with E-state index in [9.17, 15) is 18.0 Å². The van der Waals surface area contributed by atoms with Gasteiger partial charge in [0.15, 0.2) is 32.9 Å². The molecule has 1 unspecified atom stereocenters. The number of aromatic nitrogens is 7. The standard InChI is InChI=1S/C27H28N8O4S/c1-3-40(38,39)18-10-9-17(28-12-18)11-29-25-27(37)35(20-5-4-6-21(20)36)26-19(33-25)13-30-24(34-26)22-15(2)31-14-32-23(22)16-7-8-16/h9-10,12-14,16,20H,3-8,11H2,1-2H3,(H,29,33). The summed E-state index contributed by atoms with van der Waals surface area (Å²) in [7, 11) is -3.37. The third-order valence-electron chi connectivity index (χ3n) is 7.44. The second-order valence-corrected chi connectivity index (χ2v) is 12.4. The molecule has 0 bridgehead atoms. The zero-order valence-corrected chi connectivity index (χ0v) is 23.0. The lowest BCUT2D eigenvalue weighted by Crippen LogP contribution is -2.31. The number of hydrogen-bond donors (Lipinski definition) is 1. The maximum absolute atomic E-state index is 13.8. The summed E-state index contributed by atoms with van der Waals surface area (Å²) in [4.78, 5) is 53.7. The first kappa shape index (κ1) is 26.1. The molecule has 4 aromatic rings. The average molecular weight is 561 g/mol. The highest BCUT2D eigenvalue weighted by atomic mass is 32.2. The summed E-state index contributed by atoms with van der Waals surface area (Å²) in [5, 5.41) is 3.02. The SMILES string of the molecule is CCS(=O)(=O)c1ccc(CNc2nc3cnc(-c4c(C)ncnc4C4CC4)nc3n(C3CCCC3=O)c2=O)nc1. The van der Waals surface area contributed by atoms with E-state index in [4.69, 9.17) is 4.98 Å². The van der Waals surface area contributed by atoms with Crippen molar-refractivity contribution in [2.75, 3.05) is 11.1 Å². The lowest BCUT2D eigenvalue weighted by Gasteiger charge is -2.17. The predicted molar refractivity (Wildman–Crippen MR) is 147 cm³/mol. The largest absolute Gasteiger partial charge is 0.360 e. The van der Waals surface area contributed by atoms with E-state index in [2.05, 4.69) is 30.2 Å². The van der Waals surface area contributed by atoms with Crippen LogP contribution in [0.15, 0.2) is 40.5 Å². The van der Waals surface area contributed by atoms with E-state index in [0.29, 0.717) is 42.2 Å². The van der Waals surface area contributed by atoms with Gasteiger partial charge in [-0.25, -0.2) is 33.3 Å². The van der Waals surface area contributed by atoms with Gasteiger partial charge in [0, 0.05) is 18.5 Å². The van der Waals surface area contributed by atoms with Crippen LogP contribution in [0.1, 0.15) is 68.1 Å². The van der Waals surface area contributed by atoms with Crippen molar-refractivity contribution in [2.45, 2.75) is 69.4 Å². The molecule has 0 aromatic carbocycles. The van der Waals surface area contributed by atoms with Crippen LogP contribution < -0.4 is 10.9 Å². The van der Waals surface area contributed by atoms with E-state index in [0.717, 1.165) is 29.8 Å². The Morgan fingerprint density at radius 3 is 2.52 bits per heavy atom. The molecule has 0 spiro atoms. The van der Waals surface area contributed by atoms with E-state index in [1.165, 1.54) is 16.8 Å². The molecule has 12 nitrogen and oxygen atoms in total. The van der Waals surface area contributed by atoms with Gasteiger partial charge in [-0.3, -0.25) is 19.1 Å². The molecule has 6 rings (SSSR count). The fraction of sp³-hybridized carbons (Fsp3) is 0.407. The minimum atomic E-state index is -3.37. The molecule has 2 aliphatic rings. The highest BCUT2D eigenvalue weighted by molar-refractivity contribution is 7.91. The Labute approximate surface area is 230 Å². The fourth-order valence-electron chi connectivity index (χ4n) is 5.07. The first-order valence-corrected chi connectivity index (χ1v) is 15.0. The number of Topliss-reactive ketones (excluding diaryl/α,β-unsaturated/α-hetero) is 1. The highest BCUT2D eigenvalue weighted by Gasteiger charge is 2.32. The van der Waals surface area contributed by atoms with Crippen molar-refractivity contribution in [3.8, 4) is 11.4 Å². The van der Waals surface area contributed by atoms with Crippen LogP contribution in [0.3, 0.4) is 0 Å². The molecule has 0 radical (unpaired) electrons. The lowest BCUT2D eigenvalue weighted by molar-refractivity contribution is -0.120. The monoisotopic (exact) mass is 560 g/mol. The number of pyridine rings is 1. The number of ketones is 1. The number of carbonyl (C=O) groups excluding carboxylic acids is 1. The molecule has 2 saturated carbocycles. The van der Waals surface area contributed by atoms with Crippen molar-refractivity contribution >= 4 is 32.6 Å². The minimum Gasteiger partial charge on any atom is -0.360 e. The Balaban J connectivity index is 1.41. The van der Waals surface area contributed by atoms with Crippen LogP contribution in [0.25, 0.3) is 22.6 Å². The van der Waals surface area contributed by atoms with Crippen molar-refractivity contribution < 1.29 is 13.2 Å². The van der Waals surface area contributed by atoms with Crippen molar-refractivity contribution in [1.82, 2.24) is 34.5 Å². The van der Waals surface area contributed by atoms with E-state index in [-0.39, 0.29) is 34.4 Å². The van der Waals surface area contributed by atoms with Gasteiger partial charge < -0.3 is 5.32 Å². The Kier molecular flexibility index (Phi) is 6.61. The molecule has 2 aliphatic carbocycles. The first-order chi connectivity index (χ1) is 19.3. The summed E-state index contributed by atoms with van der Waals surface area (Å²) >= 11 is 0. The number of anilines is 1. The third-order valence-corrected chi connectivity index (χ3v) is 9.16. The van der Waals surface area contributed by atoms with Gasteiger partial charge in [-0.15, -0.1) is 0 Å². The number of hydrogen-bond acceptors (Lipinski definition) is 11. The van der Waals surface area contributed by atoms with Crippen LogP contribution in [0.2, 0.25) is 0 Å². The van der Waals surface area contributed by atoms with Gasteiger partial charge in [0.25, 0.3) is 5.56 Å². The summed E-state index contributed by atoms with van der Waals surface area (Å²) in [6.07, 6.45) is 8.12. The van der Waals surface area contributed by atoms with Gasteiger partial charge >= 0.3 is 0 Å². The molecule has 0 saturated heterocycles. The Morgan fingerprint density at radius 2 is 1.85 bits per heavy atom. The Bertz CT molecular complexity index is 1800. The summed E-state index contributed by atoms with van der Waals surface area (Å²) in [6.45, 7) is 3.58. The molecule has 40 heavy (non-hydrogen) atoms. The van der Waals surface area contributed by atoms with Gasteiger partial charge in [-0.2, -0.15) is 0 Å². The molecule has 0 amide bonds. The van der Waals surface area contributed by atoms with Crippen molar-refractivity contribution in [3.05, 3.63) is 58.3 Å². The molecule has 4 aromatic heterocycles. The molecule has 2 fully saturated rings. The normalized spacial score (nSPS) is 17.4. The molecule has 13 heteroatoms. The molecule has 4 heterocycles. The Morgan fingerprint density at radius 1 is 1.02 bits per heavy atom. The zero-order chi connectivity index (χ0) is 28.0. The summed E-state index contributed by atoms with van der Waals surface area (Å²) in [6, 6.07) is 2.44. The number of carbonyl (C=O) groups is 1. The van der Waals surface area contributed by atoms with Gasteiger partial charge in [-0.05, 0) is 44.7 Å². The summed E-state index contributed by atoms with van der Waals surface area (Å²) in [5.74, 6) is 0.736. The predicted octanol–water partition coefficient (Wildman–Crippen LogP) is 2.92. The van der Waals surface area contributed by atoms with E-state index >= 15 is 0 Å².